The Kier molecular flexibility index (Phi) is 7.91. The van der Waals surface area contributed by atoms with Crippen LogP contribution in [-0.2, 0) is 0 Å². The quantitative estimate of drug-likeness (QED) is 0.467. The van der Waals surface area contributed by atoms with Crippen LogP contribution < -0.4 is 18.9 Å². The van der Waals surface area contributed by atoms with E-state index in [0.29, 0.717) is 0 Å². The van der Waals surface area contributed by atoms with Crippen LogP contribution in [0.5, 0.6) is 0 Å². The molecule has 0 fully saturated rings. The van der Waals surface area contributed by atoms with Crippen LogP contribution in [0.15, 0.2) is 0 Å². The minimum absolute atomic E-state index is 0. The Morgan fingerprint density at radius 3 is 1.00 bits per heavy atom. The zero-order valence-corrected chi connectivity index (χ0v) is 11.8. The monoisotopic (exact) mass is 192 g/mol. The molecule has 0 amide bonds. The van der Waals surface area contributed by atoms with E-state index in [4.69, 9.17) is 0 Å². The van der Waals surface area contributed by atoms with Crippen molar-refractivity contribution in [1.29, 1.82) is 0 Å². The van der Waals surface area contributed by atoms with Crippen molar-refractivity contribution in [3.63, 3.8) is 0 Å². The molecule has 0 aliphatic heterocycles. The van der Waals surface area contributed by atoms with Gasteiger partial charge in [0.15, 0.2) is 0 Å². The maximum absolute atomic E-state index is 2.55. The molecule has 0 aliphatic carbocycles. The fraction of sp³-hybridized carbons (Fsp3) is 0.909. The first kappa shape index (κ1) is 16.3. The van der Waals surface area contributed by atoms with Gasteiger partial charge >= 0.3 is 18.9 Å². The zero-order valence-electron chi connectivity index (χ0n) is 10.8. The predicted octanol–water partition coefficient (Wildman–Crippen LogP) is 1.43. The van der Waals surface area contributed by atoms with Gasteiger partial charge < -0.3 is 6.04 Å². The molecule has 0 bridgehead atoms. The first-order valence-electron chi connectivity index (χ1n) is 5.20. The van der Waals surface area contributed by atoms with Gasteiger partial charge in [-0.3, -0.25) is 0 Å². The molecule has 0 aliphatic rings. The van der Waals surface area contributed by atoms with Crippen molar-refractivity contribution in [1.82, 2.24) is 0 Å². The molecule has 0 spiro atoms. The average molecular weight is 192 g/mol. The van der Waals surface area contributed by atoms with Gasteiger partial charge in [-0.25, -0.2) is 0 Å². The summed E-state index contributed by atoms with van der Waals surface area (Å²) in [5.41, 5.74) is 2.63. The number of hydrogen-bond acceptors (Lipinski definition) is 0. The molecule has 2 heteroatoms. The summed E-state index contributed by atoms with van der Waals surface area (Å²) < 4.78 is 0. The van der Waals surface area contributed by atoms with Crippen LogP contribution in [0.4, 0.5) is 0 Å². The smallest absolute Gasteiger partial charge is 0.329 e. The second-order valence-electron chi connectivity index (χ2n) is 4.75. The zero-order chi connectivity index (χ0) is 9.94. The van der Waals surface area contributed by atoms with E-state index >= 15 is 0 Å². The van der Waals surface area contributed by atoms with Gasteiger partial charge in [0.25, 0.3) is 0 Å². The van der Waals surface area contributed by atoms with Crippen LogP contribution in [0.3, 0.4) is 0 Å². The third kappa shape index (κ3) is 3.15. The summed E-state index contributed by atoms with van der Waals surface area (Å²) in [6.07, 6.45) is 0. The summed E-state index contributed by atoms with van der Waals surface area (Å²) in [5, 5.41) is 0. The molecule has 0 nitrogen and oxygen atoms in total. The molecule has 0 atom stereocenters. The van der Waals surface area contributed by atoms with Crippen LogP contribution in [0.1, 0.15) is 48.5 Å². The van der Waals surface area contributed by atoms with Gasteiger partial charge in [0.05, 0.1) is 0 Å². The summed E-state index contributed by atoms with van der Waals surface area (Å²) in [5.74, 6) is 0. The second-order valence-corrected chi connectivity index (χ2v) is 10.8. The van der Waals surface area contributed by atoms with E-state index in [1.165, 1.54) is 0 Å². The Labute approximate surface area is 98.1 Å². The van der Waals surface area contributed by atoms with Crippen LogP contribution in [0, 0.1) is 6.04 Å². The van der Waals surface area contributed by atoms with E-state index in [0.717, 1.165) is 16.6 Å². The fourth-order valence-corrected chi connectivity index (χ4v) is 9.00. The summed E-state index contributed by atoms with van der Waals surface area (Å²) in [6, 6.07) is 2.55. The van der Waals surface area contributed by atoms with Gasteiger partial charge in [-0.05, 0) is 0 Å². The van der Waals surface area contributed by atoms with Crippen molar-refractivity contribution >= 4 is 8.07 Å². The molecule has 0 aromatic heterocycles. The van der Waals surface area contributed by atoms with Gasteiger partial charge in [0.2, 0.25) is 0 Å². The minimum atomic E-state index is -1.13. The molecular weight excluding hydrogens is 167 g/mol. The Balaban J connectivity index is 0. The van der Waals surface area contributed by atoms with Crippen LogP contribution >= 0.6 is 0 Å². The molecular formula is C11H25LiSi. The Morgan fingerprint density at radius 1 is 0.769 bits per heavy atom. The fourth-order valence-electron chi connectivity index (χ4n) is 3.00. The molecule has 0 N–H and O–H groups in total. The molecule has 0 saturated carbocycles. The molecule has 0 aromatic rings. The third-order valence-corrected chi connectivity index (χ3v) is 10.5. The Hall–Kier alpha value is 0.814. The van der Waals surface area contributed by atoms with E-state index in [9.17, 15) is 0 Å². The Bertz CT molecular complexity index is 108. The van der Waals surface area contributed by atoms with Gasteiger partial charge in [-0.1, -0.05) is 66.2 Å². The van der Waals surface area contributed by atoms with Gasteiger partial charge in [0.1, 0.15) is 0 Å². The molecule has 0 aromatic carbocycles. The van der Waals surface area contributed by atoms with Crippen molar-refractivity contribution in [2.75, 3.05) is 0 Å². The SMILES string of the molecule is C[CH-][Si](C(C)C)(C(C)C)C(C)C.[Li+]. The van der Waals surface area contributed by atoms with Crippen molar-refractivity contribution in [2.45, 2.75) is 65.1 Å². The first-order valence-corrected chi connectivity index (χ1v) is 7.51. The van der Waals surface area contributed by atoms with Crippen molar-refractivity contribution in [3.05, 3.63) is 6.04 Å². The topological polar surface area (TPSA) is 0 Å². The molecule has 0 heterocycles. The van der Waals surface area contributed by atoms with Crippen molar-refractivity contribution < 1.29 is 18.9 Å². The largest absolute Gasteiger partial charge is 1.00 e. The van der Waals surface area contributed by atoms with Gasteiger partial charge in [0, 0.05) is 0 Å². The van der Waals surface area contributed by atoms with Crippen molar-refractivity contribution in [3.8, 4) is 0 Å². The molecule has 0 unspecified atom stereocenters. The normalized spacial score (nSPS) is 12.5. The van der Waals surface area contributed by atoms with Crippen LogP contribution in [-0.4, -0.2) is 8.07 Å². The number of hydrogen-bond donors (Lipinski definition) is 0. The average Bonchev–Trinajstić information content (AvgIpc) is 1.86. The maximum Gasteiger partial charge on any atom is 1.00 e. The van der Waals surface area contributed by atoms with Crippen LogP contribution in [0.25, 0.3) is 0 Å². The standard InChI is InChI=1S/C11H25Si.Li/c1-8-12(9(2)3,10(4)5)11(6)7;/h8-11H,1-7H3;/q-1;+1. The molecule has 0 rings (SSSR count). The van der Waals surface area contributed by atoms with Crippen molar-refractivity contribution in [2.24, 2.45) is 0 Å². The Morgan fingerprint density at radius 2 is 1.00 bits per heavy atom. The first-order chi connectivity index (χ1) is 5.39. The molecule has 74 valence electrons. The van der Waals surface area contributed by atoms with E-state index in [1.807, 2.05) is 0 Å². The summed E-state index contributed by atoms with van der Waals surface area (Å²) in [6.45, 7) is 16.6. The minimum Gasteiger partial charge on any atom is -0.329 e. The maximum atomic E-state index is 2.55. The van der Waals surface area contributed by atoms with E-state index < -0.39 is 8.07 Å². The van der Waals surface area contributed by atoms with Gasteiger partial charge in [-0.15, -0.1) is 0 Å². The summed E-state index contributed by atoms with van der Waals surface area (Å²) in [7, 11) is -1.13. The second kappa shape index (κ2) is 6.33. The van der Waals surface area contributed by atoms with E-state index in [2.05, 4.69) is 54.5 Å². The van der Waals surface area contributed by atoms with Crippen LogP contribution in [0.2, 0.25) is 16.6 Å². The van der Waals surface area contributed by atoms with Gasteiger partial charge in [-0.2, -0.15) is 6.92 Å². The van der Waals surface area contributed by atoms with E-state index in [-0.39, 0.29) is 18.9 Å². The summed E-state index contributed by atoms with van der Waals surface area (Å²) >= 11 is 0. The van der Waals surface area contributed by atoms with E-state index in [1.54, 1.807) is 0 Å². The molecule has 13 heavy (non-hydrogen) atoms. The molecule has 0 saturated heterocycles. The third-order valence-electron chi connectivity index (χ3n) is 3.50. The number of rotatable bonds is 4. The predicted molar refractivity (Wildman–Crippen MR) is 61.0 cm³/mol. The summed E-state index contributed by atoms with van der Waals surface area (Å²) in [4.78, 5) is 0. The molecule has 0 radical (unpaired) electrons.